The number of nitrogens with two attached hydrogens (primary N) is 1. The molecule has 3 N–H and O–H groups in total. The van der Waals surface area contributed by atoms with E-state index in [1.54, 1.807) is 19.1 Å². The van der Waals surface area contributed by atoms with Crippen LogP contribution in [0.5, 0.6) is 0 Å². The Morgan fingerprint density at radius 2 is 1.80 bits per heavy atom. The van der Waals surface area contributed by atoms with E-state index in [-0.39, 0.29) is 23.3 Å². The topological polar surface area (TPSA) is 75.4 Å². The average molecular weight is 343 g/mol. The SMILES string of the molecule is C[C@H](N)C(=O)N[C@H](C=CC(=O)N1Cc2ccccc2C1)CC(C)(C)C. The van der Waals surface area contributed by atoms with Crippen molar-refractivity contribution in [3.63, 3.8) is 0 Å². The van der Waals surface area contributed by atoms with E-state index in [9.17, 15) is 9.59 Å². The minimum absolute atomic E-state index is 0.0209. The lowest BCUT2D eigenvalue weighted by atomic mass is 9.88. The molecule has 2 amide bonds. The summed E-state index contributed by atoms with van der Waals surface area (Å²) in [6.07, 6.45) is 4.09. The summed E-state index contributed by atoms with van der Waals surface area (Å²) in [5.41, 5.74) is 8.05. The standard InChI is InChI=1S/C20H29N3O2/c1-14(21)19(25)22-17(11-20(2,3)4)9-10-18(24)23-12-15-7-5-6-8-16(15)13-23/h5-10,14,17H,11-13,21H2,1-4H3,(H,22,25)/t14-,17+/m0/s1. The molecule has 5 nitrogen and oxygen atoms in total. The van der Waals surface area contributed by atoms with E-state index in [1.165, 1.54) is 11.1 Å². The van der Waals surface area contributed by atoms with Gasteiger partial charge in [-0.15, -0.1) is 0 Å². The Bertz CT molecular complexity index is 634. The Hall–Kier alpha value is -2.14. The molecule has 2 rings (SSSR count). The van der Waals surface area contributed by atoms with Gasteiger partial charge in [0.2, 0.25) is 11.8 Å². The summed E-state index contributed by atoms with van der Waals surface area (Å²) in [6, 6.07) is 7.30. The third kappa shape index (κ3) is 5.71. The molecule has 0 fully saturated rings. The van der Waals surface area contributed by atoms with Gasteiger partial charge in [-0.1, -0.05) is 51.1 Å². The number of benzene rings is 1. The van der Waals surface area contributed by atoms with Crippen LogP contribution in [0.4, 0.5) is 0 Å². The fourth-order valence-electron chi connectivity index (χ4n) is 2.93. The molecule has 1 aromatic carbocycles. The van der Waals surface area contributed by atoms with Crippen molar-refractivity contribution in [1.82, 2.24) is 10.2 Å². The van der Waals surface area contributed by atoms with Crippen LogP contribution < -0.4 is 11.1 Å². The second-order valence-electron chi connectivity index (χ2n) is 7.99. The Balaban J connectivity index is 2.02. The molecule has 0 saturated heterocycles. The fourth-order valence-corrected chi connectivity index (χ4v) is 2.93. The highest BCUT2D eigenvalue weighted by Gasteiger charge is 2.23. The van der Waals surface area contributed by atoms with Crippen LogP contribution in [-0.2, 0) is 22.7 Å². The van der Waals surface area contributed by atoms with Gasteiger partial charge in [0.25, 0.3) is 0 Å². The third-order valence-corrected chi connectivity index (χ3v) is 4.20. The van der Waals surface area contributed by atoms with Crippen molar-refractivity contribution in [3.05, 3.63) is 47.5 Å². The number of nitrogens with one attached hydrogen (secondary N) is 1. The first kappa shape index (κ1) is 19.2. The molecule has 5 heteroatoms. The molecular weight excluding hydrogens is 314 g/mol. The molecular formula is C20H29N3O2. The Kier molecular flexibility index (Phi) is 6.01. The van der Waals surface area contributed by atoms with Gasteiger partial charge in [-0.25, -0.2) is 0 Å². The maximum Gasteiger partial charge on any atom is 0.246 e. The number of nitrogens with zero attached hydrogens (tertiary/aromatic N) is 1. The lowest BCUT2D eigenvalue weighted by Gasteiger charge is -2.25. The molecule has 1 aliphatic rings. The summed E-state index contributed by atoms with van der Waals surface area (Å²) >= 11 is 0. The first-order valence-corrected chi connectivity index (χ1v) is 8.75. The lowest BCUT2D eigenvalue weighted by Crippen LogP contribution is -2.44. The van der Waals surface area contributed by atoms with Crippen LogP contribution in [0.25, 0.3) is 0 Å². The number of carbonyl (C=O) groups is 2. The minimum Gasteiger partial charge on any atom is -0.349 e. The number of amides is 2. The molecule has 0 radical (unpaired) electrons. The van der Waals surface area contributed by atoms with Crippen molar-refractivity contribution in [2.45, 2.75) is 59.3 Å². The van der Waals surface area contributed by atoms with E-state index in [2.05, 4.69) is 38.2 Å². The monoisotopic (exact) mass is 343 g/mol. The van der Waals surface area contributed by atoms with Crippen molar-refractivity contribution in [2.75, 3.05) is 0 Å². The van der Waals surface area contributed by atoms with Gasteiger partial charge >= 0.3 is 0 Å². The highest BCUT2D eigenvalue weighted by Crippen LogP contribution is 2.23. The first-order chi connectivity index (χ1) is 11.7. The Labute approximate surface area is 150 Å². The molecule has 1 aromatic rings. The summed E-state index contributed by atoms with van der Waals surface area (Å²) < 4.78 is 0. The lowest BCUT2D eigenvalue weighted by molar-refractivity contribution is -0.126. The van der Waals surface area contributed by atoms with Crippen LogP contribution in [0.15, 0.2) is 36.4 Å². The summed E-state index contributed by atoms with van der Waals surface area (Å²) in [7, 11) is 0. The molecule has 2 atom stereocenters. The molecule has 136 valence electrons. The van der Waals surface area contributed by atoms with E-state index in [0.29, 0.717) is 13.1 Å². The van der Waals surface area contributed by atoms with E-state index < -0.39 is 6.04 Å². The molecule has 1 aliphatic heterocycles. The zero-order chi connectivity index (χ0) is 18.6. The summed E-state index contributed by atoms with van der Waals surface area (Å²) in [6.45, 7) is 9.23. The van der Waals surface area contributed by atoms with Crippen molar-refractivity contribution < 1.29 is 9.59 Å². The van der Waals surface area contributed by atoms with Gasteiger partial charge in [0.05, 0.1) is 6.04 Å². The van der Waals surface area contributed by atoms with Crippen molar-refractivity contribution in [3.8, 4) is 0 Å². The fraction of sp³-hybridized carbons (Fsp3) is 0.500. The van der Waals surface area contributed by atoms with Crippen LogP contribution in [0.2, 0.25) is 0 Å². The van der Waals surface area contributed by atoms with Gasteiger partial charge in [-0.2, -0.15) is 0 Å². The van der Waals surface area contributed by atoms with E-state index >= 15 is 0 Å². The predicted molar refractivity (Wildman–Crippen MR) is 99.5 cm³/mol. The Morgan fingerprint density at radius 3 is 2.28 bits per heavy atom. The van der Waals surface area contributed by atoms with Gasteiger partial charge in [0, 0.05) is 25.2 Å². The second kappa shape index (κ2) is 7.83. The van der Waals surface area contributed by atoms with Crippen LogP contribution >= 0.6 is 0 Å². The summed E-state index contributed by atoms with van der Waals surface area (Å²) in [5, 5.41) is 2.91. The van der Waals surface area contributed by atoms with Gasteiger partial charge in [-0.3, -0.25) is 9.59 Å². The third-order valence-electron chi connectivity index (χ3n) is 4.20. The molecule has 0 aliphatic carbocycles. The van der Waals surface area contributed by atoms with Crippen LogP contribution in [0, 0.1) is 5.41 Å². The van der Waals surface area contributed by atoms with Crippen molar-refractivity contribution in [1.29, 1.82) is 0 Å². The van der Waals surface area contributed by atoms with Gasteiger partial charge in [0.1, 0.15) is 0 Å². The van der Waals surface area contributed by atoms with Crippen LogP contribution in [0.1, 0.15) is 45.2 Å². The van der Waals surface area contributed by atoms with Crippen molar-refractivity contribution >= 4 is 11.8 Å². The van der Waals surface area contributed by atoms with Gasteiger partial charge < -0.3 is 16.0 Å². The molecule has 0 spiro atoms. The van der Waals surface area contributed by atoms with Gasteiger partial charge in [0.15, 0.2) is 0 Å². The molecule has 25 heavy (non-hydrogen) atoms. The molecule has 0 bridgehead atoms. The van der Waals surface area contributed by atoms with E-state index in [1.807, 2.05) is 17.0 Å². The van der Waals surface area contributed by atoms with Crippen LogP contribution in [0.3, 0.4) is 0 Å². The molecule has 0 saturated carbocycles. The van der Waals surface area contributed by atoms with Gasteiger partial charge in [-0.05, 0) is 29.9 Å². The number of rotatable bonds is 5. The maximum absolute atomic E-state index is 12.5. The molecule has 1 heterocycles. The van der Waals surface area contributed by atoms with E-state index in [0.717, 1.165) is 6.42 Å². The Morgan fingerprint density at radius 1 is 1.24 bits per heavy atom. The predicted octanol–water partition coefficient (Wildman–Crippen LogP) is 2.35. The minimum atomic E-state index is -0.570. The number of hydrogen-bond acceptors (Lipinski definition) is 3. The zero-order valence-electron chi connectivity index (χ0n) is 15.6. The average Bonchev–Trinajstić information content (AvgIpc) is 2.94. The largest absolute Gasteiger partial charge is 0.349 e. The van der Waals surface area contributed by atoms with Crippen LogP contribution in [-0.4, -0.2) is 28.8 Å². The highest BCUT2D eigenvalue weighted by atomic mass is 16.2. The van der Waals surface area contributed by atoms with E-state index in [4.69, 9.17) is 5.73 Å². The van der Waals surface area contributed by atoms with Crippen molar-refractivity contribution in [2.24, 2.45) is 11.1 Å². The quantitative estimate of drug-likeness (QED) is 0.806. The summed E-state index contributed by atoms with van der Waals surface area (Å²) in [4.78, 5) is 26.2. The second-order valence-corrected chi connectivity index (χ2v) is 7.99. The summed E-state index contributed by atoms with van der Waals surface area (Å²) in [5.74, 6) is -0.245. The molecule has 0 unspecified atom stereocenters. The highest BCUT2D eigenvalue weighted by molar-refractivity contribution is 5.88. The number of hydrogen-bond donors (Lipinski definition) is 2. The molecule has 0 aromatic heterocycles. The normalized spacial score (nSPS) is 16.6. The first-order valence-electron chi connectivity index (χ1n) is 8.75. The zero-order valence-corrected chi connectivity index (χ0v) is 15.6. The smallest absolute Gasteiger partial charge is 0.246 e. The maximum atomic E-state index is 12.5. The number of carbonyl (C=O) groups excluding carboxylic acids is 2. The number of fused-ring (bicyclic) bond motifs is 1.